The highest BCUT2D eigenvalue weighted by atomic mass is 35.5. The monoisotopic (exact) mass is 379 g/mol. The van der Waals surface area contributed by atoms with Gasteiger partial charge < -0.3 is 9.84 Å². The van der Waals surface area contributed by atoms with Crippen molar-refractivity contribution in [1.82, 2.24) is 15.5 Å². The lowest BCUT2D eigenvalue weighted by Gasteiger charge is -2.35. The third-order valence-electron chi connectivity index (χ3n) is 4.45. The van der Waals surface area contributed by atoms with Crippen LogP contribution in [0.25, 0.3) is 0 Å². The van der Waals surface area contributed by atoms with Crippen LogP contribution in [-0.2, 0) is 10.3 Å². The fraction of sp³-hybridized carbons (Fsp3) is 0.500. The lowest BCUT2D eigenvalue weighted by atomic mass is 9.81. The fourth-order valence-corrected chi connectivity index (χ4v) is 4.15. The molecule has 0 atom stereocenters. The van der Waals surface area contributed by atoms with E-state index < -0.39 is 5.54 Å². The standard InChI is InChI=1S/C18H22ClN3O2S/c1-13-20-17(22-24-13)18(10-3-2-4-11-18)21-16(23)9-12-25-15-7-5-14(19)6-8-15/h5-8H,2-4,9-12H2,1H3,(H,21,23). The summed E-state index contributed by atoms with van der Waals surface area (Å²) in [5.74, 6) is 1.90. The van der Waals surface area contributed by atoms with Gasteiger partial charge in [0.05, 0.1) is 0 Å². The Balaban J connectivity index is 1.58. The molecular formula is C18H22ClN3O2S. The summed E-state index contributed by atoms with van der Waals surface area (Å²) >= 11 is 7.54. The lowest BCUT2D eigenvalue weighted by molar-refractivity contribution is -0.123. The van der Waals surface area contributed by atoms with Gasteiger partial charge >= 0.3 is 0 Å². The maximum absolute atomic E-state index is 12.5. The van der Waals surface area contributed by atoms with Crippen LogP contribution in [0.15, 0.2) is 33.7 Å². The third-order valence-corrected chi connectivity index (χ3v) is 5.72. The van der Waals surface area contributed by atoms with Crippen LogP contribution in [0.5, 0.6) is 0 Å². The second kappa shape index (κ2) is 8.23. The average molecular weight is 380 g/mol. The maximum atomic E-state index is 12.5. The number of benzene rings is 1. The summed E-state index contributed by atoms with van der Waals surface area (Å²) in [6.45, 7) is 1.78. The predicted octanol–water partition coefficient (Wildman–Crippen LogP) is 4.49. The van der Waals surface area contributed by atoms with Gasteiger partial charge in [0.1, 0.15) is 5.54 Å². The maximum Gasteiger partial charge on any atom is 0.223 e. The molecule has 3 rings (SSSR count). The van der Waals surface area contributed by atoms with E-state index in [4.69, 9.17) is 16.1 Å². The molecule has 25 heavy (non-hydrogen) atoms. The van der Waals surface area contributed by atoms with Gasteiger partial charge in [-0.1, -0.05) is 36.0 Å². The van der Waals surface area contributed by atoms with E-state index in [-0.39, 0.29) is 5.91 Å². The quantitative estimate of drug-likeness (QED) is 0.749. The van der Waals surface area contributed by atoms with E-state index >= 15 is 0 Å². The molecule has 1 heterocycles. The molecule has 0 aliphatic heterocycles. The highest BCUT2D eigenvalue weighted by Crippen LogP contribution is 2.35. The number of aryl methyl sites for hydroxylation is 1. The SMILES string of the molecule is Cc1nc(C2(NC(=O)CCSc3ccc(Cl)cc3)CCCCC2)no1. The van der Waals surface area contributed by atoms with E-state index in [1.54, 1.807) is 18.7 Å². The number of hydrogen-bond acceptors (Lipinski definition) is 5. The Morgan fingerprint density at radius 1 is 1.28 bits per heavy atom. The first-order chi connectivity index (χ1) is 12.1. The summed E-state index contributed by atoms with van der Waals surface area (Å²) in [6.07, 6.45) is 5.48. The molecule has 1 N–H and O–H groups in total. The molecule has 7 heteroatoms. The van der Waals surface area contributed by atoms with Crippen molar-refractivity contribution in [2.24, 2.45) is 0 Å². The summed E-state index contributed by atoms with van der Waals surface area (Å²) < 4.78 is 5.15. The number of thioether (sulfide) groups is 1. The number of amides is 1. The molecule has 0 bridgehead atoms. The van der Waals surface area contributed by atoms with Gasteiger partial charge in [-0.05, 0) is 37.1 Å². The Morgan fingerprint density at radius 2 is 2.00 bits per heavy atom. The summed E-state index contributed by atoms with van der Waals surface area (Å²) in [4.78, 5) is 18.0. The largest absolute Gasteiger partial charge is 0.343 e. The van der Waals surface area contributed by atoms with Crippen LogP contribution in [0, 0.1) is 6.92 Å². The first kappa shape index (κ1) is 18.3. The van der Waals surface area contributed by atoms with E-state index in [0.29, 0.717) is 18.1 Å². The van der Waals surface area contributed by atoms with Crippen LogP contribution >= 0.6 is 23.4 Å². The fourth-order valence-electron chi connectivity index (χ4n) is 3.18. The molecule has 1 aromatic heterocycles. The normalized spacial score (nSPS) is 16.6. The molecule has 1 fully saturated rings. The van der Waals surface area contributed by atoms with Crippen molar-refractivity contribution >= 4 is 29.3 Å². The van der Waals surface area contributed by atoms with Gasteiger partial charge in [0.15, 0.2) is 5.82 Å². The number of nitrogens with zero attached hydrogens (tertiary/aromatic N) is 2. The van der Waals surface area contributed by atoms with Gasteiger partial charge in [-0.2, -0.15) is 4.98 Å². The second-order valence-corrected chi connectivity index (χ2v) is 7.99. The Labute approximate surface area is 156 Å². The van der Waals surface area contributed by atoms with Gasteiger partial charge in [0.25, 0.3) is 0 Å². The molecule has 0 spiro atoms. The summed E-state index contributed by atoms with van der Waals surface area (Å²) in [5.41, 5.74) is -0.474. The Bertz CT molecular complexity index is 711. The molecule has 0 saturated heterocycles. The van der Waals surface area contributed by atoms with E-state index in [1.807, 2.05) is 24.3 Å². The molecule has 1 aliphatic rings. The van der Waals surface area contributed by atoms with Crippen molar-refractivity contribution < 1.29 is 9.32 Å². The highest BCUT2D eigenvalue weighted by molar-refractivity contribution is 7.99. The molecule has 1 amide bonds. The van der Waals surface area contributed by atoms with Crippen molar-refractivity contribution in [1.29, 1.82) is 0 Å². The molecule has 0 radical (unpaired) electrons. The van der Waals surface area contributed by atoms with E-state index in [1.165, 1.54) is 6.42 Å². The number of carbonyl (C=O) groups is 1. The van der Waals surface area contributed by atoms with Gasteiger partial charge in [0.2, 0.25) is 11.8 Å². The number of carbonyl (C=O) groups excluding carboxylic acids is 1. The van der Waals surface area contributed by atoms with Crippen LogP contribution in [0.4, 0.5) is 0 Å². The number of hydrogen-bond donors (Lipinski definition) is 1. The highest BCUT2D eigenvalue weighted by Gasteiger charge is 2.39. The number of aromatic nitrogens is 2. The molecule has 1 saturated carbocycles. The molecule has 134 valence electrons. The summed E-state index contributed by atoms with van der Waals surface area (Å²) in [6, 6.07) is 7.66. The van der Waals surface area contributed by atoms with Gasteiger partial charge in [-0.15, -0.1) is 11.8 Å². The van der Waals surface area contributed by atoms with Crippen LogP contribution in [0.1, 0.15) is 50.2 Å². The summed E-state index contributed by atoms with van der Waals surface area (Å²) in [5, 5.41) is 8.00. The average Bonchev–Trinajstić information content (AvgIpc) is 3.05. The lowest BCUT2D eigenvalue weighted by Crippen LogP contribution is -2.48. The molecular weight excluding hydrogens is 358 g/mol. The van der Waals surface area contributed by atoms with Gasteiger partial charge in [-0.25, -0.2) is 0 Å². The van der Waals surface area contributed by atoms with Gasteiger partial charge in [-0.3, -0.25) is 4.79 Å². The first-order valence-electron chi connectivity index (χ1n) is 8.58. The van der Waals surface area contributed by atoms with Crippen molar-refractivity contribution in [3.63, 3.8) is 0 Å². The zero-order chi connectivity index (χ0) is 17.7. The van der Waals surface area contributed by atoms with Crippen LogP contribution in [-0.4, -0.2) is 21.8 Å². The van der Waals surface area contributed by atoms with E-state index in [0.717, 1.165) is 41.4 Å². The van der Waals surface area contributed by atoms with Crippen molar-refractivity contribution in [3.05, 3.63) is 41.0 Å². The first-order valence-corrected chi connectivity index (χ1v) is 9.94. The smallest absolute Gasteiger partial charge is 0.223 e. The molecule has 2 aromatic rings. The van der Waals surface area contributed by atoms with Gasteiger partial charge in [0, 0.05) is 29.0 Å². The van der Waals surface area contributed by atoms with Crippen LogP contribution < -0.4 is 5.32 Å². The van der Waals surface area contributed by atoms with E-state index in [9.17, 15) is 4.79 Å². The number of nitrogens with one attached hydrogen (secondary N) is 1. The predicted molar refractivity (Wildman–Crippen MR) is 98.7 cm³/mol. The Hall–Kier alpha value is -1.53. The third kappa shape index (κ3) is 4.76. The molecule has 0 unspecified atom stereocenters. The number of halogens is 1. The Morgan fingerprint density at radius 3 is 2.64 bits per heavy atom. The summed E-state index contributed by atoms with van der Waals surface area (Å²) in [7, 11) is 0. The zero-order valence-corrected chi connectivity index (χ0v) is 15.8. The van der Waals surface area contributed by atoms with Crippen LogP contribution in [0.2, 0.25) is 5.02 Å². The minimum Gasteiger partial charge on any atom is -0.343 e. The minimum atomic E-state index is -0.474. The van der Waals surface area contributed by atoms with Crippen molar-refractivity contribution in [3.8, 4) is 0 Å². The Kier molecular flexibility index (Phi) is 6.02. The van der Waals surface area contributed by atoms with Crippen molar-refractivity contribution in [2.45, 2.75) is 55.9 Å². The molecule has 5 nitrogen and oxygen atoms in total. The molecule has 1 aromatic carbocycles. The topological polar surface area (TPSA) is 68.0 Å². The number of rotatable bonds is 6. The molecule has 1 aliphatic carbocycles. The van der Waals surface area contributed by atoms with Crippen molar-refractivity contribution in [2.75, 3.05) is 5.75 Å². The van der Waals surface area contributed by atoms with E-state index in [2.05, 4.69) is 15.5 Å². The minimum absolute atomic E-state index is 0.0332. The second-order valence-electron chi connectivity index (χ2n) is 6.38. The van der Waals surface area contributed by atoms with Crippen LogP contribution in [0.3, 0.4) is 0 Å². The zero-order valence-electron chi connectivity index (χ0n) is 14.3.